The van der Waals surface area contributed by atoms with E-state index < -0.39 is 0 Å². The maximum Gasteiger partial charge on any atom is 0.231 e. The van der Waals surface area contributed by atoms with E-state index in [1.165, 1.54) is 0 Å². The van der Waals surface area contributed by atoms with Crippen molar-refractivity contribution in [2.24, 2.45) is 0 Å². The first-order chi connectivity index (χ1) is 10.1. The van der Waals surface area contributed by atoms with E-state index in [9.17, 15) is 9.90 Å². The number of carbonyl (C=O) groups excluding carboxylic acids is 1. The zero-order chi connectivity index (χ0) is 15.4. The van der Waals surface area contributed by atoms with Crippen molar-refractivity contribution in [2.45, 2.75) is 56.4 Å². The summed E-state index contributed by atoms with van der Waals surface area (Å²) in [6.45, 7) is 7.39. The number of aliphatic hydroxyl groups excluding tert-OH is 1. The monoisotopic (exact) mass is 328 g/mol. The normalized spacial score (nSPS) is 20.6. The van der Waals surface area contributed by atoms with Crippen LogP contribution < -0.4 is 0 Å². The van der Waals surface area contributed by atoms with Gasteiger partial charge in [0.25, 0.3) is 0 Å². The highest BCUT2D eigenvalue weighted by Crippen LogP contribution is 2.35. The Labute approximate surface area is 135 Å². The lowest BCUT2D eigenvalue weighted by Gasteiger charge is -2.32. The number of amides is 1. The fourth-order valence-corrected chi connectivity index (χ4v) is 5.02. The zero-order valence-electron chi connectivity index (χ0n) is 13.0. The van der Waals surface area contributed by atoms with E-state index in [1.54, 1.807) is 23.1 Å². The molecule has 1 amide bonds. The predicted molar refractivity (Wildman–Crippen MR) is 88.1 cm³/mol. The number of β-amino-alcohol motifs (C(OH)–C–C–N with tert-alkyl or cyclic N) is 1. The number of likely N-dealkylation sites (tertiary alicyclic amines) is 1. The first-order valence-corrected chi connectivity index (χ1v) is 9.44. The van der Waals surface area contributed by atoms with Crippen LogP contribution in [0.5, 0.6) is 0 Å². The summed E-state index contributed by atoms with van der Waals surface area (Å²) in [5.41, 5.74) is 0.980. The molecule has 0 aliphatic carbocycles. The van der Waals surface area contributed by atoms with Crippen LogP contribution in [0.25, 0.3) is 0 Å². The molecule has 1 aromatic heterocycles. The van der Waals surface area contributed by atoms with Crippen molar-refractivity contribution < 1.29 is 9.90 Å². The third-order valence-electron chi connectivity index (χ3n) is 3.81. The van der Waals surface area contributed by atoms with Gasteiger partial charge in [0, 0.05) is 18.0 Å². The maximum atomic E-state index is 12.8. The minimum absolute atomic E-state index is 0.112. The smallest absolute Gasteiger partial charge is 0.231 e. The highest BCUT2D eigenvalue weighted by atomic mass is 32.2. The molecule has 1 fully saturated rings. The number of carbonyl (C=O) groups is 1. The lowest BCUT2D eigenvalue weighted by molar-refractivity contribution is -0.135. The van der Waals surface area contributed by atoms with Crippen LogP contribution in [0.15, 0.2) is 4.34 Å². The fourth-order valence-electron chi connectivity index (χ4n) is 2.74. The Hall–Kier alpha value is -0.590. The van der Waals surface area contributed by atoms with Crippen molar-refractivity contribution in [3.05, 3.63) is 10.6 Å². The van der Waals surface area contributed by atoms with E-state index in [0.717, 1.165) is 46.5 Å². The van der Waals surface area contributed by atoms with E-state index in [4.69, 9.17) is 0 Å². The molecule has 0 radical (unpaired) electrons. The third kappa shape index (κ3) is 3.99. The number of aryl methyl sites for hydroxylation is 1. The first kappa shape index (κ1) is 16.8. The van der Waals surface area contributed by atoms with Gasteiger partial charge in [-0.05, 0) is 31.9 Å². The Bertz CT molecular complexity index is 490. The Morgan fingerprint density at radius 3 is 2.95 bits per heavy atom. The molecule has 6 heteroatoms. The standard InChI is InChI=1S/C15H24N2O2S2/c1-4-12(13-10(3)16-15(21-13)20-5-2)14(19)17-8-6-7-11(18)9-17/h11-12,18H,4-9H2,1-3H3. The van der Waals surface area contributed by atoms with Crippen LogP contribution in [0.2, 0.25) is 0 Å². The van der Waals surface area contributed by atoms with Gasteiger partial charge in [0.2, 0.25) is 5.91 Å². The van der Waals surface area contributed by atoms with Crippen molar-refractivity contribution >= 4 is 29.0 Å². The lowest BCUT2D eigenvalue weighted by Crippen LogP contribution is -2.44. The second-order valence-corrected chi connectivity index (χ2v) is 7.95. The summed E-state index contributed by atoms with van der Waals surface area (Å²) in [4.78, 5) is 20.3. The molecule has 0 spiro atoms. The van der Waals surface area contributed by atoms with Crippen LogP contribution in [-0.2, 0) is 4.79 Å². The molecule has 1 aliphatic rings. The van der Waals surface area contributed by atoms with E-state index in [0.29, 0.717) is 6.54 Å². The van der Waals surface area contributed by atoms with Gasteiger partial charge in [-0.25, -0.2) is 4.98 Å². The van der Waals surface area contributed by atoms with Gasteiger partial charge in [0.15, 0.2) is 0 Å². The van der Waals surface area contributed by atoms with Crippen molar-refractivity contribution in [3.8, 4) is 0 Å². The van der Waals surface area contributed by atoms with E-state index in [1.807, 2.05) is 11.8 Å². The van der Waals surface area contributed by atoms with Crippen LogP contribution in [0, 0.1) is 6.92 Å². The van der Waals surface area contributed by atoms with Crippen molar-refractivity contribution in [1.82, 2.24) is 9.88 Å². The minimum Gasteiger partial charge on any atom is -0.391 e. The molecule has 2 atom stereocenters. The highest BCUT2D eigenvalue weighted by molar-refractivity contribution is 8.01. The number of nitrogens with zero attached hydrogens (tertiary/aromatic N) is 2. The third-order valence-corrected chi connectivity index (χ3v) is 6.11. The Kier molecular flexibility index (Phi) is 6.08. The summed E-state index contributed by atoms with van der Waals surface area (Å²) in [6, 6.07) is 0. The summed E-state index contributed by atoms with van der Waals surface area (Å²) in [5.74, 6) is 1.03. The summed E-state index contributed by atoms with van der Waals surface area (Å²) in [5, 5.41) is 9.78. The second kappa shape index (κ2) is 7.61. The number of thioether (sulfide) groups is 1. The SMILES string of the molecule is CCSc1nc(C)c(C(CC)C(=O)N2CCCC(O)C2)s1. The predicted octanol–water partition coefficient (Wildman–Crippen LogP) is 3.04. The van der Waals surface area contributed by atoms with Crippen molar-refractivity contribution in [1.29, 1.82) is 0 Å². The van der Waals surface area contributed by atoms with Crippen LogP contribution in [0.4, 0.5) is 0 Å². The molecule has 1 aliphatic heterocycles. The minimum atomic E-state index is -0.367. The van der Waals surface area contributed by atoms with Gasteiger partial charge >= 0.3 is 0 Å². The van der Waals surface area contributed by atoms with Gasteiger partial charge in [0.1, 0.15) is 4.34 Å². The molecule has 118 valence electrons. The fraction of sp³-hybridized carbons (Fsp3) is 0.733. The van der Waals surface area contributed by atoms with Crippen LogP contribution in [0.3, 0.4) is 0 Å². The van der Waals surface area contributed by atoms with Crippen LogP contribution in [-0.4, -0.2) is 45.8 Å². The molecular weight excluding hydrogens is 304 g/mol. The van der Waals surface area contributed by atoms with E-state index in [-0.39, 0.29) is 17.9 Å². The molecule has 0 aromatic carbocycles. The zero-order valence-corrected chi connectivity index (χ0v) is 14.6. The quantitative estimate of drug-likeness (QED) is 0.844. The molecular formula is C15H24N2O2S2. The number of aromatic nitrogens is 1. The number of rotatable bonds is 5. The number of thiazole rings is 1. The number of hydrogen-bond acceptors (Lipinski definition) is 5. The van der Waals surface area contributed by atoms with Crippen molar-refractivity contribution in [2.75, 3.05) is 18.8 Å². The first-order valence-electron chi connectivity index (χ1n) is 7.63. The van der Waals surface area contributed by atoms with Crippen LogP contribution >= 0.6 is 23.1 Å². The molecule has 2 rings (SSSR count). The summed E-state index contributed by atoms with van der Waals surface area (Å²) >= 11 is 3.38. The van der Waals surface area contributed by atoms with Crippen LogP contribution in [0.1, 0.15) is 49.6 Å². The maximum absolute atomic E-state index is 12.8. The molecule has 0 saturated carbocycles. The van der Waals surface area contributed by atoms with Gasteiger partial charge < -0.3 is 10.0 Å². The van der Waals surface area contributed by atoms with E-state index in [2.05, 4.69) is 18.8 Å². The van der Waals surface area contributed by atoms with Gasteiger partial charge in [-0.2, -0.15) is 0 Å². The van der Waals surface area contributed by atoms with Gasteiger partial charge in [-0.3, -0.25) is 4.79 Å². The number of aliphatic hydroxyl groups is 1. The lowest BCUT2D eigenvalue weighted by atomic mass is 9.99. The topological polar surface area (TPSA) is 53.4 Å². The average molecular weight is 329 g/mol. The summed E-state index contributed by atoms with van der Waals surface area (Å²) in [7, 11) is 0. The summed E-state index contributed by atoms with van der Waals surface area (Å²) < 4.78 is 1.05. The Morgan fingerprint density at radius 1 is 1.57 bits per heavy atom. The van der Waals surface area contributed by atoms with Gasteiger partial charge in [-0.15, -0.1) is 11.3 Å². The molecule has 1 saturated heterocycles. The average Bonchev–Trinajstić information content (AvgIpc) is 2.81. The highest BCUT2D eigenvalue weighted by Gasteiger charge is 2.30. The molecule has 2 heterocycles. The molecule has 1 aromatic rings. The second-order valence-electron chi connectivity index (χ2n) is 5.40. The van der Waals surface area contributed by atoms with Crippen molar-refractivity contribution in [3.63, 3.8) is 0 Å². The molecule has 4 nitrogen and oxygen atoms in total. The Morgan fingerprint density at radius 2 is 2.33 bits per heavy atom. The number of hydrogen-bond donors (Lipinski definition) is 1. The molecule has 2 unspecified atom stereocenters. The summed E-state index contributed by atoms with van der Waals surface area (Å²) in [6.07, 6.45) is 2.11. The molecule has 0 bridgehead atoms. The Balaban J connectivity index is 2.16. The van der Waals surface area contributed by atoms with Gasteiger partial charge in [0.05, 0.1) is 17.7 Å². The van der Waals surface area contributed by atoms with E-state index >= 15 is 0 Å². The number of piperidine rings is 1. The van der Waals surface area contributed by atoms with Gasteiger partial charge in [-0.1, -0.05) is 25.6 Å². The largest absolute Gasteiger partial charge is 0.391 e. The molecule has 1 N–H and O–H groups in total. The molecule has 21 heavy (non-hydrogen) atoms.